The molecule has 5 heteroatoms. The number of likely N-dealkylation sites (tertiary alicyclic amines) is 1. The lowest BCUT2D eigenvalue weighted by Crippen LogP contribution is -2.39. The van der Waals surface area contributed by atoms with Crippen LogP contribution in [0.5, 0.6) is 11.5 Å². The number of carbonyl (C=O) groups is 1. The van der Waals surface area contributed by atoms with Crippen molar-refractivity contribution in [2.24, 2.45) is 0 Å². The van der Waals surface area contributed by atoms with Gasteiger partial charge in [-0.3, -0.25) is 4.79 Å². The molecule has 2 fully saturated rings. The van der Waals surface area contributed by atoms with Crippen molar-refractivity contribution in [2.75, 3.05) is 13.1 Å². The molecule has 2 unspecified atom stereocenters. The summed E-state index contributed by atoms with van der Waals surface area (Å²) in [7, 11) is 0. The fourth-order valence-electron chi connectivity index (χ4n) is 3.65. The zero-order chi connectivity index (χ0) is 16.4. The maximum Gasteiger partial charge on any atom is 0.257 e. The fraction of sp³-hybridized carbons (Fsp3) is 0.350. The Morgan fingerprint density at radius 2 is 1.68 bits per heavy atom. The van der Waals surface area contributed by atoms with Crippen molar-refractivity contribution in [1.82, 2.24) is 10.2 Å². The molecule has 1 N–H and O–H groups in total. The zero-order valence-corrected chi connectivity index (χ0v) is 14.9. The van der Waals surface area contributed by atoms with Crippen molar-refractivity contribution >= 4 is 18.3 Å². The van der Waals surface area contributed by atoms with Crippen LogP contribution >= 0.6 is 12.4 Å². The summed E-state index contributed by atoms with van der Waals surface area (Å²) in [5.74, 6) is 1.43. The molecule has 25 heavy (non-hydrogen) atoms. The first kappa shape index (κ1) is 17.8. The molecule has 0 radical (unpaired) electrons. The Hall–Kier alpha value is -2.04. The molecule has 2 aromatic rings. The lowest BCUT2D eigenvalue weighted by molar-refractivity contribution is 0.0745. The number of rotatable bonds is 3. The molecule has 2 aromatic carbocycles. The van der Waals surface area contributed by atoms with Crippen molar-refractivity contribution in [3.05, 3.63) is 60.2 Å². The highest BCUT2D eigenvalue weighted by molar-refractivity contribution is 5.97. The molecule has 0 saturated carbocycles. The highest BCUT2D eigenvalue weighted by Gasteiger charge is 2.32. The third kappa shape index (κ3) is 3.97. The van der Waals surface area contributed by atoms with Gasteiger partial charge in [-0.05, 0) is 43.5 Å². The number of nitrogens with one attached hydrogen (secondary N) is 1. The normalized spacial score (nSPS) is 22.0. The molecule has 2 saturated heterocycles. The minimum absolute atomic E-state index is 0. The minimum Gasteiger partial charge on any atom is -0.457 e. The molecule has 132 valence electrons. The number of para-hydroxylation sites is 2. The Balaban J connectivity index is 0.00000182. The first-order chi connectivity index (χ1) is 11.8. The van der Waals surface area contributed by atoms with Crippen LogP contribution in [-0.4, -0.2) is 36.0 Å². The van der Waals surface area contributed by atoms with Gasteiger partial charge in [0.05, 0.1) is 5.56 Å². The second-order valence-corrected chi connectivity index (χ2v) is 6.59. The molecule has 1 amide bonds. The van der Waals surface area contributed by atoms with E-state index < -0.39 is 0 Å². The number of hydrogen-bond donors (Lipinski definition) is 1. The summed E-state index contributed by atoms with van der Waals surface area (Å²) in [6.45, 7) is 1.60. The van der Waals surface area contributed by atoms with Gasteiger partial charge in [0.25, 0.3) is 5.91 Å². The first-order valence-electron chi connectivity index (χ1n) is 8.67. The second kappa shape index (κ2) is 7.89. The van der Waals surface area contributed by atoms with Crippen molar-refractivity contribution in [1.29, 1.82) is 0 Å². The predicted octanol–water partition coefficient (Wildman–Crippen LogP) is 3.87. The smallest absolute Gasteiger partial charge is 0.257 e. The Morgan fingerprint density at radius 3 is 2.52 bits per heavy atom. The molecule has 2 aliphatic rings. The van der Waals surface area contributed by atoms with Crippen LogP contribution in [0.4, 0.5) is 0 Å². The van der Waals surface area contributed by atoms with Crippen molar-refractivity contribution in [3.63, 3.8) is 0 Å². The number of amides is 1. The number of hydrogen-bond acceptors (Lipinski definition) is 3. The van der Waals surface area contributed by atoms with Gasteiger partial charge < -0.3 is 15.0 Å². The van der Waals surface area contributed by atoms with Crippen LogP contribution < -0.4 is 10.1 Å². The third-order valence-electron chi connectivity index (χ3n) is 4.90. The number of ether oxygens (including phenoxy) is 1. The van der Waals surface area contributed by atoms with E-state index in [4.69, 9.17) is 4.74 Å². The maximum absolute atomic E-state index is 13.1. The largest absolute Gasteiger partial charge is 0.457 e. The maximum atomic E-state index is 13.1. The van der Waals surface area contributed by atoms with E-state index in [1.165, 1.54) is 6.42 Å². The molecule has 4 nitrogen and oxygen atoms in total. The van der Waals surface area contributed by atoms with Gasteiger partial charge in [-0.1, -0.05) is 30.3 Å². The highest BCUT2D eigenvalue weighted by atomic mass is 35.5. The predicted molar refractivity (Wildman–Crippen MR) is 101 cm³/mol. The number of carbonyl (C=O) groups excluding carboxylic acids is 1. The SMILES string of the molecule is Cl.O=C(c1ccccc1Oc1ccccc1)N1CCC2CCC(C1)N2. The topological polar surface area (TPSA) is 41.6 Å². The Labute approximate surface area is 154 Å². The Bertz CT molecular complexity index is 723. The van der Waals surface area contributed by atoms with E-state index in [1.807, 2.05) is 59.5 Å². The number of fused-ring (bicyclic) bond motifs is 2. The van der Waals surface area contributed by atoms with Gasteiger partial charge in [-0.25, -0.2) is 0 Å². The summed E-state index contributed by atoms with van der Waals surface area (Å²) in [6.07, 6.45) is 3.43. The summed E-state index contributed by atoms with van der Waals surface area (Å²) in [6, 6.07) is 18.1. The molecule has 2 aliphatic heterocycles. The molecule has 0 spiro atoms. The molecule has 4 rings (SSSR count). The van der Waals surface area contributed by atoms with Gasteiger partial charge in [-0.15, -0.1) is 12.4 Å². The summed E-state index contributed by atoms with van der Waals surface area (Å²) in [5, 5.41) is 3.62. The zero-order valence-electron chi connectivity index (χ0n) is 14.1. The van der Waals surface area contributed by atoms with Crippen LogP contribution in [0.2, 0.25) is 0 Å². The standard InChI is InChI=1S/C20H22N2O2.ClH/c23-20(22-13-12-15-10-11-16(14-22)21-15)18-8-4-5-9-19(18)24-17-6-2-1-3-7-17;/h1-9,15-16,21H,10-14H2;1H. The average Bonchev–Trinajstić information content (AvgIpc) is 2.95. The molecular formula is C20H23ClN2O2. The van der Waals surface area contributed by atoms with E-state index in [1.54, 1.807) is 0 Å². The van der Waals surface area contributed by atoms with Crippen LogP contribution in [-0.2, 0) is 0 Å². The quantitative estimate of drug-likeness (QED) is 0.905. The molecule has 2 heterocycles. The van der Waals surface area contributed by atoms with Crippen LogP contribution in [0.1, 0.15) is 29.6 Å². The van der Waals surface area contributed by atoms with Gasteiger partial charge >= 0.3 is 0 Å². The van der Waals surface area contributed by atoms with Crippen molar-refractivity contribution in [2.45, 2.75) is 31.3 Å². The molecule has 2 bridgehead atoms. The van der Waals surface area contributed by atoms with Gasteiger partial charge in [0.1, 0.15) is 11.5 Å². The van der Waals surface area contributed by atoms with E-state index >= 15 is 0 Å². The monoisotopic (exact) mass is 358 g/mol. The van der Waals surface area contributed by atoms with Crippen LogP contribution in [0.15, 0.2) is 54.6 Å². The first-order valence-corrected chi connectivity index (χ1v) is 8.67. The van der Waals surface area contributed by atoms with E-state index in [9.17, 15) is 4.79 Å². The summed E-state index contributed by atoms with van der Waals surface area (Å²) in [4.78, 5) is 15.0. The van der Waals surface area contributed by atoms with E-state index in [2.05, 4.69) is 5.32 Å². The summed E-state index contributed by atoms with van der Waals surface area (Å²) >= 11 is 0. The average molecular weight is 359 g/mol. The number of halogens is 1. The molecule has 0 aliphatic carbocycles. The number of nitrogens with zero attached hydrogens (tertiary/aromatic N) is 1. The molecule has 2 atom stereocenters. The Morgan fingerprint density at radius 1 is 0.960 bits per heavy atom. The van der Waals surface area contributed by atoms with Gasteiger partial charge in [0.15, 0.2) is 0 Å². The summed E-state index contributed by atoms with van der Waals surface area (Å²) in [5.41, 5.74) is 0.638. The lowest BCUT2D eigenvalue weighted by Gasteiger charge is -2.25. The second-order valence-electron chi connectivity index (χ2n) is 6.59. The molecular weight excluding hydrogens is 336 g/mol. The van der Waals surface area contributed by atoms with Crippen molar-refractivity contribution in [3.8, 4) is 11.5 Å². The lowest BCUT2D eigenvalue weighted by atomic mass is 10.1. The highest BCUT2D eigenvalue weighted by Crippen LogP contribution is 2.28. The van der Waals surface area contributed by atoms with Crippen LogP contribution in [0.3, 0.4) is 0 Å². The van der Waals surface area contributed by atoms with E-state index in [-0.39, 0.29) is 18.3 Å². The van der Waals surface area contributed by atoms with E-state index in [0.29, 0.717) is 23.4 Å². The van der Waals surface area contributed by atoms with Crippen molar-refractivity contribution < 1.29 is 9.53 Å². The third-order valence-corrected chi connectivity index (χ3v) is 4.90. The molecule has 0 aromatic heterocycles. The van der Waals surface area contributed by atoms with E-state index in [0.717, 1.165) is 31.7 Å². The minimum atomic E-state index is 0. The summed E-state index contributed by atoms with van der Waals surface area (Å²) < 4.78 is 5.95. The van der Waals surface area contributed by atoms with Gasteiger partial charge in [-0.2, -0.15) is 0 Å². The van der Waals surface area contributed by atoms with Gasteiger partial charge in [0.2, 0.25) is 0 Å². The fourth-order valence-corrected chi connectivity index (χ4v) is 3.65. The van der Waals surface area contributed by atoms with Crippen LogP contribution in [0, 0.1) is 0 Å². The van der Waals surface area contributed by atoms with Crippen LogP contribution in [0.25, 0.3) is 0 Å². The Kier molecular flexibility index (Phi) is 5.61. The number of benzene rings is 2. The van der Waals surface area contributed by atoms with Gasteiger partial charge in [0, 0.05) is 25.2 Å².